The zero-order chi connectivity index (χ0) is 56.5. The molecule has 78 heavy (non-hydrogen) atoms. The SMILES string of the molecule is Cc1cc(C)cc(OC(=O)C2CC(C(=O)Oc3cc(C)cc(C)c3)CC(C(=O)Oc3cc(C)cc(C)c3)C2)c1.Cc1cc(C)cc(OC(=O)c2cc(C(=O)Oc3cc(C)cc(C)c3)cc(C(=O)Oc3cc(C)cc(C)c3)c2)c1. The normalized spacial score (nSPS) is 14.7. The Hall–Kier alpha value is -8.64. The molecule has 402 valence electrons. The molecule has 0 saturated heterocycles. The van der Waals surface area contributed by atoms with Crippen molar-refractivity contribution >= 4 is 35.8 Å². The van der Waals surface area contributed by atoms with Gasteiger partial charge in [0.2, 0.25) is 0 Å². The van der Waals surface area contributed by atoms with Gasteiger partial charge >= 0.3 is 35.8 Å². The molecule has 0 aliphatic heterocycles. The molecule has 1 fully saturated rings. The Balaban J connectivity index is 0.000000226. The Morgan fingerprint density at radius 1 is 0.244 bits per heavy atom. The Labute approximate surface area is 456 Å². The molecule has 0 amide bonds. The fourth-order valence-electron chi connectivity index (χ4n) is 9.92. The highest BCUT2D eigenvalue weighted by molar-refractivity contribution is 6.02. The minimum absolute atomic E-state index is 0.0106. The smallest absolute Gasteiger partial charge is 0.343 e. The van der Waals surface area contributed by atoms with Crippen molar-refractivity contribution in [2.75, 3.05) is 0 Å². The standard InChI is InChI=1S/C33H36O6.C33H30O6/c2*1-19-7-20(2)11-28(10-19)37-31(34)25-16-26(32(35)38-29-12-21(3)8-22(4)13-29)18-27(17-25)33(36)39-30-14-23(5)9-24(6)15-30/h7-15,25-27H,16-18H2,1-6H3;7-18H,1-6H3. The predicted molar refractivity (Wildman–Crippen MR) is 298 cm³/mol. The van der Waals surface area contributed by atoms with Crippen LogP contribution in [0.15, 0.2) is 127 Å². The van der Waals surface area contributed by atoms with E-state index in [2.05, 4.69) is 0 Å². The zero-order valence-electron chi connectivity index (χ0n) is 46.4. The van der Waals surface area contributed by atoms with E-state index < -0.39 is 53.6 Å². The van der Waals surface area contributed by atoms with Crippen molar-refractivity contribution in [3.05, 3.63) is 211 Å². The molecular weight excluding hydrogens is 985 g/mol. The van der Waals surface area contributed by atoms with Gasteiger partial charge in [0, 0.05) is 0 Å². The minimum atomic E-state index is -0.721. The van der Waals surface area contributed by atoms with Crippen molar-refractivity contribution in [2.45, 2.75) is 102 Å². The van der Waals surface area contributed by atoms with Crippen LogP contribution in [0.3, 0.4) is 0 Å². The average Bonchev–Trinajstić information content (AvgIpc) is 3.37. The Bertz CT molecular complexity index is 2960. The van der Waals surface area contributed by atoms with Crippen molar-refractivity contribution in [2.24, 2.45) is 17.8 Å². The third-order valence-corrected chi connectivity index (χ3v) is 12.8. The maximum Gasteiger partial charge on any atom is 0.343 e. The summed E-state index contributed by atoms with van der Waals surface area (Å²) in [5, 5.41) is 0. The largest absolute Gasteiger partial charge is 0.426 e. The molecule has 0 unspecified atom stereocenters. The van der Waals surface area contributed by atoms with Crippen molar-refractivity contribution in [1.29, 1.82) is 0 Å². The first-order valence-corrected chi connectivity index (χ1v) is 25.9. The van der Waals surface area contributed by atoms with Crippen LogP contribution in [0.2, 0.25) is 0 Å². The first-order chi connectivity index (χ1) is 36.9. The molecule has 0 atom stereocenters. The van der Waals surface area contributed by atoms with Gasteiger partial charge in [0.25, 0.3) is 0 Å². The number of hydrogen-bond donors (Lipinski definition) is 0. The molecule has 0 heterocycles. The average molecular weight is 1050 g/mol. The van der Waals surface area contributed by atoms with Crippen LogP contribution in [0.4, 0.5) is 0 Å². The van der Waals surface area contributed by atoms with Crippen LogP contribution in [0.25, 0.3) is 0 Å². The number of esters is 6. The lowest BCUT2D eigenvalue weighted by atomic mass is 9.75. The highest BCUT2D eigenvalue weighted by Gasteiger charge is 2.42. The van der Waals surface area contributed by atoms with E-state index in [-0.39, 0.29) is 36.0 Å². The summed E-state index contributed by atoms with van der Waals surface area (Å²) in [5.74, 6) is -3.10. The van der Waals surface area contributed by atoms with Gasteiger partial charge in [0.1, 0.15) is 34.5 Å². The molecule has 12 heteroatoms. The molecule has 0 spiro atoms. The molecule has 8 rings (SSSR count). The predicted octanol–water partition coefficient (Wildman–Crippen LogP) is 13.9. The third kappa shape index (κ3) is 16.2. The number of hydrogen-bond acceptors (Lipinski definition) is 12. The molecule has 0 N–H and O–H groups in total. The fraction of sp³-hybridized carbons (Fsp3) is 0.273. The van der Waals surface area contributed by atoms with Crippen molar-refractivity contribution < 1.29 is 57.2 Å². The minimum Gasteiger partial charge on any atom is -0.426 e. The number of rotatable bonds is 12. The number of carbonyl (C=O) groups excluding carboxylic acids is 6. The van der Waals surface area contributed by atoms with Gasteiger partial charge in [0.15, 0.2) is 0 Å². The van der Waals surface area contributed by atoms with Gasteiger partial charge in [-0.1, -0.05) is 36.4 Å². The molecule has 0 bridgehead atoms. The van der Waals surface area contributed by atoms with E-state index in [0.717, 1.165) is 66.8 Å². The van der Waals surface area contributed by atoms with E-state index in [9.17, 15) is 28.8 Å². The number of ether oxygens (including phenoxy) is 6. The van der Waals surface area contributed by atoms with E-state index in [1.807, 2.05) is 119 Å². The summed E-state index contributed by atoms with van der Waals surface area (Å²) in [7, 11) is 0. The highest BCUT2D eigenvalue weighted by atomic mass is 16.6. The molecule has 7 aromatic rings. The van der Waals surface area contributed by atoms with E-state index in [1.165, 1.54) is 18.2 Å². The van der Waals surface area contributed by atoms with Gasteiger partial charge in [-0.15, -0.1) is 0 Å². The van der Waals surface area contributed by atoms with Crippen LogP contribution in [0.5, 0.6) is 34.5 Å². The van der Waals surface area contributed by atoms with Gasteiger partial charge in [-0.05, 0) is 260 Å². The Morgan fingerprint density at radius 2 is 0.397 bits per heavy atom. The van der Waals surface area contributed by atoms with E-state index in [0.29, 0.717) is 34.5 Å². The van der Waals surface area contributed by atoms with Gasteiger partial charge in [-0.2, -0.15) is 0 Å². The maximum atomic E-state index is 13.3. The molecule has 1 aliphatic carbocycles. The summed E-state index contributed by atoms with van der Waals surface area (Å²) in [6.07, 6.45) is 0.710. The first-order valence-electron chi connectivity index (χ1n) is 25.9. The van der Waals surface area contributed by atoms with Crippen LogP contribution in [0, 0.1) is 101 Å². The van der Waals surface area contributed by atoms with Gasteiger partial charge < -0.3 is 28.4 Å². The lowest BCUT2D eigenvalue weighted by molar-refractivity contribution is -0.150. The fourth-order valence-corrected chi connectivity index (χ4v) is 9.92. The number of benzene rings is 7. The molecule has 12 nitrogen and oxygen atoms in total. The lowest BCUT2D eigenvalue weighted by Crippen LogP contribution is -2.39. The van der Waals surface area contributed by atoms with Crippen LogP contribution < -0.4 is 28.4 Å². The second kappa shape index (κ2) is 25.0. The quantitative estimate of drug-likeness (QED) is 0.0844. The monoisotopic (exact) mass is 1050 g/mol. The molecule has 7 aromatic carbocycles. The Morgan fingerprint density at radius 3 is 0.564 bits per heavy atom. The van der Waals surface area contributed by atoms with Crippen LogP contribution in [0.1, 0.15) is 117 Å². The summed E-state index contributed by atoms with van der Waals surface area (Å²) < 4.78 is 33.9. The van der Waals surface area contributed by atoms with Crippen molar-refractivity contribution in [1.82, 2.24) is 0 Å². The second-order valence-corrected chi connectivity index (χ2v) is 21.0. The Kier molecular flexibility index (Phi) is 18.3. The van der Waals surface area contributed by atoms with E-state index in [4.69, 9.17) is 28.4 Å². The number of aryl methyl sites for hydroxylation is 12. The molecule has 0 radical (unpaired) electrons. The summed E-state index contributed by atoms with van der Waals surface area (Å²) in [6.45, 7) is 23.0. The van der Waals surface area contributed by atoms with Crippen molar-refractivity contribution in [3.63, 3.8) is 0 Å². The summed E-state index contributed by atoms with van der Waals surface area (Å²) in [4.78, 5) is 79.4. The summed E-state index contributed by atoms with van der Waals surface area (Å²) in [6, 6.07) is 37.1. The van der Waals surface area contributed by atoms with Crippen molar-refractivity contribution in [3.8, 4) is 34.5 Å². The van der Waals surface area contributed by atoms with Crippen LogP contribution in [-0.4, -0.2) is 35.8 Å². The van der Waals surface area contributed by atoms with E-state index in [1.54, 1.807) is 72.8 Å². The first kappa shape index (κ1) is 57.1. The van der Waals surface area contributed by atoms with Gasteiger partial charge in [-0.25, -0.2) is 14.4 Å². The summed E-state index contributed by atoms with van der Waals surface area (Å²) in [5.41, 5.74) is 11.5. The lowest BCUT2D eigenvalue weighted by Gasteiger charge is -2.31. The maximum absolute atomic E-state index is 13.3. The van der Waals surface area contributed by atoms with E-state index >= 15 is 0 Å². The van der Waals surface area contributed by atoms with Crippen LogP contribution in [-0.2, 0) is 14.4 Å². The molecular formula is C66H66O12. The molecule has 1 saturated carbocycles. The summed E-state index contributed by atoms with van der Waals surface area (Å²) >= 11 is 0. The molecule has 0 aromatic heterocycles. The van der Waals surface area contributed by atoms with Gasteiger partial charge in [0.05, 0.1) is 34.4 Å². The molecule has 1 aliphatic rings. The second-order valence-electron chi connectivity index (χ2n) is 21.0. The highest BCUT2D eigenvalue weighted by Crippen LogP contribution is 2.37. The third-order valence-electron chi connectivity index (χ3n) is 12.8. The zero-order valence-corrected chi connectivity index (χ0v) is 46.4. The van der Waals surface area contributed by atoms with Crippen LogP contribution >= 0.6 is 0 Å². The number of carbonyl (C=O) groups is 6. The topological polar surface area (TPSA) is 158 Å². The van der Waals surface area contributed by atoms with Gasteiger partial charge in [-0.3, -0.25) is 14.4 Å².